The lowest BCUT2D eigenvalue weighted by Crippen LogP contribution is -2.22. The lowest BCUT2D eigenvalue weighted by atomic mass is 10.1. The van der Waals surface area contributed by atoms with Crippen molar-refractivity contribution in [2.24, 2.45) is 0 Å². The average Bonchev–Trinajstić information content (AvgIpc) is 3.06. The SMILES string of the molecule is CCCn1nc(C)cc1NC(=O)Cn1nc(C)c2c(C(F)(F)F)cc(C)nc21. The zero-order valence-electron chi connectivity index (χ0n) is 16.1. The van der Waals surface area contributed by atoms with Crippen molar-refractivity contribution in [2.45, 2.75) is 53.4 Å². The Morgan fingerprint density at radius 1 is 1.11 bits per heavy atom. The molecule has 0 fully saturated rings. The normalized spacial score (nSPS) is 12.0. The van der Waals surface area contributed by atoms with Crippen LogP contribution in [0, 0.1) is 20.8 Å². The number of halogens is 3. The fourth-order valence-electron chi connectivity index (χ4n) is 3.16. The van der Waals surface area contributed by atoms with Crippen molar-refractivity contribution in [3.63, 3.8) is 0 Å². The number of aromatic nitrogens is 5. The largest absolute Gasteiger partial charge is 0.417 e. The molecule has 0 aliphatic heterocycles. The number of hydrogen-bond acceptors (Lipinski definition) is 4. The third kappa shape index (κ3) is 3.85. The zero-order chi connectivity index (χ0) is 20.6. The van der Waals surface area contributed by atoms with Crippen LogP contribution in [-0.4, -0.2) is 30.5 Å². The molecular formula is C18H21F3N6O. The molecule has 0 spiro atoms. The maximum atomic E-state index is 13.4. The number of aryl methyl sites for hydroxylation is 4. The summed E-state index contributed by atoms with van der Waals surface area (Å²) in [5, 5.41) is 11.1. The topological polar surface area (TPSA) is 77.6 Å². The molecule has 0 atom stereocenters. The van der Waals surface area contributed by atoms with E-state index in [9.17, 15) is 18.0 Å². The number of nitrogens with one attached hydrogen (secondary N) is 1. The highest BCUT2D eigenvalue weighted by molar-refractivity contribution is 5.91. The lowest BCUT2D eigenvalue weighted by Gasteiger charge is -2.10. The Bertz CT molecular complexity index is 1030. The molecule has 1 N–H and O–H groups in total. The van der Waals surface area contributed by atoms with E-state index in [0.717, 1.165) is 18.2 Å². The summed E-state index contributed by atoms with van der Waals surface area (Å²) in [5.41, 5.74) is 0.387. The van der Waals surface area contributed by atoms with Gasteiger partial charge in [-0.15, -0.1) is 0 Å². The summed E-state index contributed by atoms with van der Waals surface area (Å²) in [5.74, 6) is 0.121. The summed E-state index contributed by atoms with van der Waals surface area (Å²) < 4.78 is 43.1. The number of carbonyl (C=O) groups is 1. The molecule has 3 aromatic heterocycles. The lowest BCUT2D eigenvalue weighted by molar-refractivity contribution is -0.136. The van der Waals surface area contributed by atoms with Gasteiger partial charge in [0.2, 0.25) is 5.91 Å². The molecule has 0 saturated heterocycles. The van der Waals surface area contributed by atoms with E-state index in [0.29, 0.717) is 12.4 Å². The summed E-state index contributed by atoms with van der Waals surface area (Å²) in [6.45, 7) is 7.15. The van der Waals surface area contributed by atoms with E-state index in [1.807, 2.05) is 13.8 Å². The molecule has 0 unspecified atom stereocenters. The molecule has 3 aromatic rings. The first-order valence-corrected chi connectivity index (χ1v) is 8.86. The van der Waals surface area contributed by atoms with Gasteiger partial charge < -0.3 is 5.32 Å². The van der Waals surface area contributed by atoms with E-state index >= 15 is 0 Å². The number of amides is 1. The van der Waals surface area contributed by atoms with E-state index < -0.39 is 17.6 Å². The number of rotatable bonds is 5. The second-order valence-electron chi connectivity index (χ2n) is 6.69. The summed E-state index contributed by atoms with van der Waals surface area (Å²) >= 11 is 0. The Morgan fingerprint density at radius 2 is 1.82 bits per heavy atom. The molecule has 0 saturated carbocycles. The van der Waals surface area contributed by atoms with Gasteiger partial charge in [-0.05, 0) is 33.3 Å². The number of carbonyl (C=O) groups excluding carboxylic acids is 1. The van der Waals surface area contributed by atoms with Crippen LogP contribution in [0.3, 0.4) is 0 Å². The van der Waals surface area contributed by atoms with Crippen molar-refractivity contribution in [1.29, 1.82) is 0 Å². The van der Waals surface area contributed by atoms with Crippen LogP contribution in [-0.2, 0) is 24.1 Å². The molecule has 0 radical (unpaired) electrons. The van der Waals surface area contributed by atoms with Gasteiger partial charge >= 0.3 is 6.18 Å². The Labute approximate surface area is 159 Å². The number of nitrogens with zero attached hydrogens (tertiary/aromatic N) is 5. The molecule has 0 aliphatic rings. The van der Waals surface area contributed by atoms with Gasteiger partial charge in [0.15, 0.2) is 5.65 Å². The van der Waals surface area contributed by atoms with Crippen molar-refractivity contribution < 1.29 is 18.0 Å². The zero-order valence-corrected chi connectivity index (χ0v) is 16.1. The van der Waals surface area contributed by atoms with Crippen molar-refractivity contribution in [2.75, 3.05) is 5.32 Å². The molecule has 0 aliphatic carbocycles. The van der Waals surface area contributed by atoms with Crippen molar-refractivity contribution in [3.8, 4) is 0 Å². The summed E-state index contributed by atoms with van der Waals surface area (Å²) in [6.07, 6.45) is -3.69. The number of hydrogen-bond donors (Lipinski definition) is 1. The summed E-state index contributed by atoms with van der Waals surface area (Å²) in [7, 11) is 0. The van der Waals surface area contributed by atoms with Gasteiger partial charge in [-0.25, -0.2) is 14.3 Å². The fourth-order valence-corrected chi connectivity index (χ4v) is 3.16. The molecule has 10 heteroatoms. The standard InChI is InChI=1S/C18H21F3N6O/c1-5-6-26-14(8-11(3)24-26)23-15(28)9-27-17-16(12(4)25-27)13(18(19,20)21)7-10(2)22-17/h7-8H,5-6,9H2,1-4H3,(H,23,28). The highest BCUT2D eigenvalue weighted by Crippen LogP contribution is 2.36. The van der Waals surface area contributed by atoms with Crippen LogP contribution in [0.4, 0.5) is 19.0 Å². The third-order valence-electron chi connectivity index (χ3n) is 4.21. The maximum Gasteiger partial charge on any atom is 0.417 e. The minimum Gasteiger partial charge on any atom is -0.309 e. The highest BCUT2D eigenvalue weighted by Gasteiger charge is 2.35. The number of anilines is 1. The van der Waals surface area contributed by atoms with E-state index in [2.05, 4.69) is 20.5 Å². The van der Waals surface area contributed by atoms with Crippen molar-refractivity contribution in [1.82, 2.24) is 24.5 Å². The van der Waals surface area contributed by atoms with E-state index in [1.54, 1.807) is 10.7 Å². The van der Waals surface area contributed by atoms with E-state index in [4.69, 9.17) is 0 Å². The van der Waals surface area contributed by atoms with Gasteiger partial charge in [-0.1, -0.05) is 6.92 Å². The molecule has 1 amide bonds. The van der Waals surface area contributed by atoms with Crippen LogP contribution in [0.1, 0.15) is 36.0 Å². The smallest absolute Gasteiger partial charge is 0.309 e. The Morgan fingerprint density at radius 3 is 2.46 bits per heavy atom. The molecule has 28 heavy (non-hydrogen) atoms. The van der Waals surface area contributed by atoms with Gasteiger partial charge in [0.05, 0.1) is 22.3 Å². The minimum absolute atomic E-state index is 0.0400. The van der Waals surface area contributed by atoms with Crippen molar-refractivity contribution >= 4 is 22.8 Å². The highest BCUT2D eigenvalue weighted by atomic mass is 19.4. The van der Waals surface area contributed by atoms with Crippen LogP contribution in [0.15, 0.2) is 12.1 Å². The Hall–Kier alpha value is -2.91. The second-order valence-corrected chi connectivity index (χ2v) is 6.69. The molecule has 150 valence electrons. The molecular weight excluding hydrogens is 373 g/mol. The molecule has 3 heterocycles. The molecule has 0 bridgehead atoms. The molecule has 0 aromatic carbocycles. The van der Waals surface area contributed by atoms with E-state index in [1.165, 1.54) is 18.5 Å². The number of pyridine rings is 1. The van der Waals surface area contributed by atoms with Crippen LogP contribution in [0.25, 0.3) is 11.0 Å². The number of alkyl halides is 3. The van der Waals surface area contributed by atoms with Gasteiger partial charge in [0, 0.05) is 18.3 Å². The summed E-state index contributed by atoms with van der Waals surface area (Å²) in [4.78, 5) is 16.7. The van der Waals surface area contributed by atoms with Gasteiger partial charge in [-0.2, -0.15) is 23.4 Å². The maximum absolute atomic E-state index is 13.4. The van der Waals surface area contributed by atoms with E-state index in [-0.39, 0.29) is 29.0 Å². The predicted octanol–water partition coefficient (Wildman–Crippen LogP) is 3.62. The monoisotopic (exact) mass is 394 g/mol. The van der Waals surface area contributed by atoms with Crippen LogP contribution in [0.5, 0.6) is 0 Å². The fraction of sp³-hybridized carbons (Fsp3) is 0.444. The van der Waals surface area contributed by atoms with Crippen LogP contribution in [0.2, 0.25) is 0 Å². The first kappa shape index (κ1) is 19.8. The first-order chi connectivity index (χ1) is 13.1. The van der Waals surface area contributed by atoms with Gasteiger partial charge in [-0.3, -0.25) is 4.79 Å². The van der Waals surface area contributed by atoms with Crippen LogP contribution < -0.4 is 5.32 Å². The molecule has 7 nitrogen and oxygen atoms in total. The van der Waals surface area contributed by atoms with Gasteiger partial charge in [0.1, 0.15) is 12.4 Å². The van der Waals surface area contributed by atoms with Crippen molar-refractivity contribution in [3.05, 3.63) is 34.8 Å². The predicted molar refractivity (Wildman–Crippen MR) is 97.9 cm³/mol. The Kier molecular flexibility index (Phi) is 5.14. The summed E-state index contributed by atoms with van der Waals surface area (Å²) in [6, 6.07) is 2.73. The minimum atomic E-state index is -4.53. The third-order valence-corrected chi connectivity index (χ3v) is 4.21. The first-order valence-electron chi connectivity index (χ1n) is 8.86. The quantitative estimate of drug-likeness (QED) is 0.717. The van der Waals surface area contributed by atoms with Crippen LogP contribution >= 0.6 is 0 Å². The molecule has 3 rings (SSSR count). The van der Waals surface area contributed by atoms with Gasteiger partial charge in [0.25, 0.3) is 0 Å². The Balaban J connectivity index is 1.93. The number of fused-ring (bicyclic) bond motifs is 1. The average molecular weight is 394 g/mol. The second kappa shape index (κ2) is 7.25.